The van der Waals surface area contributed by atoms with E-state index >= 15 is 0 Å². The van der Waals surface area contributed by atoms with Crippen LogP contribution >= 0.6 is 11.3 Å². The van der Waals surface area contributed by atoms with E-state index in [0.29, 0.717) is 30.4 Å². The molecular weight excluding hydrogens is 472 g/mol. The van der Waals surface area contributed by atoms with E-state index in [2.05, 4.69) is 25.8 Å². The number of aryl methyl sites for hydroxylation is 1. The van der Waals surface area contributed by atoms with Crippen LogP contribution in [0.3, 0.4) is 0 Å². The van der Waals surface area contributed by atoms with E-state index in [9.17, 15) is 8.42 Å². The number of pyridine rings is 1. The number of piperidine rings is 1. The van der Waals surface area contributed by atoms with Crippen molar-refractivity contribution < 1.29 is 8.42 Å². The molecule has 6 rings (SSSR count). The van der Waals surface area contributed by atoms with Gasteiger partial charge in [-0.15, -0.1) is 11.3 Å². The molecular formula is C22H24N8O2S2. The molecule has 0 amide bonds. The summed E-state index contributed by atoms with van der Waals surface area (Å²) in [6.07, 6.45) is 6.16. The Labute approximate surface area is 200 Å². The van der Waals surface area contributed by atoms with Crippen molar-refractivity contribution in [1.82, 2.24) is 29.5 Å². The molecule has 3 N–H and O–H groups in total. The molecule has 0 aromatic carbocycles. The molecule has 2 fully saturated rings. The van der Waals surface area contributed by atoms with Crippen molar-refractivity contribution in [2.45, 2.75) is 55.6 Å². The number of aromatic nitrogens is 5. The van der Waals surface area contributed by atoms with Crippen molar-refractivity contribution >= 4 is 49.2 Å². The van der Waals surface area contributed by atoms with Gasteiger partial charge in [0, 0.05) is 42.3 Å². The van der Waals surface area contributed by atoms with E-state index in [4.69, 9.17) is 9.97 Å². The van der Waals surface area contributed by atoms with Crippen molar-refractivity contribution in [3.63, 3.8) is 0 Å². The lowest BCUT2D eigenvalue weighted by atomic mass is 10.00. The number of anilines is 3. The molecule has 0 spiro atoms. The fourth-order valence-electron chi connectivity index (χ4n) is 5.07. The molecule has 2 aliphatic heterocycles. The molecule has 0 unspecified atom stereocenters. The number of aromatic amines is 1. The number of fused-ring (bicyclic) bond motifs is 3. The molecule has 0 saturated carbocycles. The zero-order valence-electron chi connectivity index (χ0n) is 18.5. The third-order valence-electron chi connectivity index (χ3n) is 6.49. The first kappa shape index (κ1) is 21.4. The van der Waals surface area contributed by atoms with Crippen LogP contribution < -0.4 is 10.6 Å². The number of H-pyrrole nitrogens is 1. The van der Waals surface area contributed by atoms with E-state index in [1.165, 1.54) is 6.20 Å². The van der Waals surface area contributed by atoms with Crippen LogP contribution in [-0.4, -0.2) is 56.0 Å². The maximum atomic E-state index is 13.3. The maximum Gasteiger partial charge on any atom is 0.245 e. The Morgan fingerprint density at radius 2 is 2.00 bits per heavy atom. The van der Waals surface area contributed by atoms with Gasteiger partial charge in [0.1, 0.15) is 15.5 Å². The van der Waals surface area contributed by atoms with E-state index in [0.717, 1.165) is 28.8 Å². The van der Waals surface area contributed by atoms with Gasteiger partial charge in [0.15, 0.2) is 5.82 Å². The minimum atomic E-state index is -3.56. The van der Waals surface area contributed by atoms with Crippen molar-refractivity contribution in [2.24, 2.45) is 0 Å². The lowest BCUT2D eigenvalue weighted by Crippen LogP contribution is -2.49. The van der Waals surface area contributed by atoms with Crippen LogP contribution in [-0.2, 0) is 10.0 Å². The van der Waals surface area contributed by atoms with Crippen molar-refractivity contribution in [2.75, 3.05) is 10.6 Å². The summed E-state index contributed by atoms with van der Waals surface area (Å²) in [5.41, 5.74) is 0.958. The first-order chi connectivity index (χ1) is 16.5. The highest BCUT2D eigenvalue weighted by atomic mass is 32.2. The molecule has 0 aliphatic carbocycles. The number of nitrogens with one attached hydrogen (secondary N) is 3. The van der Waals surface area contributed by atoms with Gasteiger partial charge in [-0.1, -0.05) is 0 Å². The Hall–Kier alpha value is -3.09. The molecule has 34 heavy (non-hydrogen) atoms. The molecule has 3 atom stereocenters. The zero-order valence-corrected chi connectivity index (χ0v) is 20.1. The SMILES string of the molecule is Cc1cc(Nc2nc(N[C@@H]3C[C@H]4CC[C@@H](C3)N4S(=O)(=O)c3cccnc3)nc3sccc23)n[nH]1. The number of nitrogens with zero attached hydrogens (tertiary/aromatic N) is 5. The highest BCUT2D eigenvalue weighted by Gasteiger charge is 2.47. The van der Waals surface area contributed by atoms with Gasteiger partial charge in [0.25, 0.3) is 0 Å². The lowest BCUT2D eigenvalue weighted by molar-refractivity contribution is 0.234. The summed E-state index contributed by atoms with van der Waals surface area (Å²) in [7, 11) is -3.56. The van der Waals surface area contributed by atoms with Gasteiger partial charge >= 0.3 is 0 Å². The van der Waals surface area contributed by atoms with E-state index in [-0.39, 0.29) is 23.0 Å². The van der Waals surface area contributed by atoms with Gasteiger partial charge in [-0.25, -0.2) is 13.4 Å². The topological polar surface area (TPSA) is 129 Å². The Bertz CT molecular complexity index is 1420. The predicted molar refractivity (Wildman–Crippen MR) is 131 cm³/mol. The van der Waals surface area contributed by atoms with Gasteiger partial charge < -0.3 is 10.6 Å². The van der Waals surface area contributed by atoms with Gasteiger partial charge in [-0.05, 0) is 56.2 Å². The molecule has 0 radical (unpaired) electrons. The third-order valence-corrected chi connectivity index (χ3v) is 9.28. The van der Waals surface area contributed by atoms with Gasteiger partial charge in [-0.3, -0.25) is 10.1 Å². The molecule has 10 nitrogen and oxygen atoms in total. The average Bonchev–Trinajstić information content (AvgIpc) is 3.53. The average molecular weight is 497 g/mol. The van der Waals surface area contributed by atoms with Crippen LogP contribution in [0.25, 0.3) is 10.2 Å². The summed E-state index contributed by atoms with van der Waals surface area (Å²) >= 11 is 1.56. The summed E-state index contributed by atoms with van der Waals surface area (Å²) < 4.78 is 28.3. The Kier molecular flexibility index (Phi) is 5.23. The van der Waals surface area contributed by atoms with E-state index in [1.54, 1.807) is 34.0 Å². The largest absolute Gasteiger partial charge is 0.351 e. The summed E-state index contributed by atoms with van der Waals surface area (Å²) in [6, 6.07) is 7.20. The number of thiophene rings is 1. The highest BCUT2D eigenvalue weighted by Crippen LogP contribution is 2.40. The monoisotopic (exact) mass is 496 g/mol. The second-order valence-electron chi connectivity index (χ2n) is 8.82. The van der Waals surface area contributed by atoms with Crippen molar-refractivity contribution in [3.05, 3.63) is 47.7 Å². The second-order valence-corrected chi connectivity index (χ2v) is 11.6. The molecule has 176 valence electrons. The molecule has 2 bridgehead atoms. The smallest absolute Gasteiger partial charge is 0.245 e. The standard InChI is InChI=1S/C22H24N8O2S2/c1-13-9-19(29-28-13)25-20-18-6-8-33-21(18)27-22(26-20)24-14-10-15-4-5-16(11-14)30(15)34(31,32)17-3-2-7-23-12-17/h2-3,6-9,12,14-16H,4-5,10-11H2,1H3,(H3,24,25,26,27,28,29)/t14-,15-,16+. The van der Waals surface area contributed by atoms with Crippen LogP contribution in [0, 0.1) is 6.92 Å². The number of sulfonamides is 1. The molecule has 12 heteroatoms. The van der Waals surface area contributed by atoms with Crippen molar-refractivity contribution in [3.8, 4) is 0 Å². The molecule has 4 aromatic rings. The number of rotatable bonds is 6. The number of hydrogen-bond donors (Lipinski definition) is 3. The summed E-state index contributed by atoms with van der Waals surface area (Å²) in [5.74, 6) is 1.93. The van der Waals surface area contributed by atoms with Gasteiger partial charge in [-0.2, -0.15) is 14.4 Å². The van der Waals surface area contributed by atoms with Crippen LogP contribution in [0.15, 0.2) is 46.9 Å². The third kappa shape index (κ3) is 3.81. The fraction of sp³-hybridized carbons (Fsp3) is 0.364. The highest BCUT2D eigenvalue weighted by molar-refractivity contribution is 7.89. The summed E-state index contributed by atoms with van der Waals surface area (Å²) in [4.78, 5) is 14.6. The Morgan fingerprint density at radius 1 is 1.18 bits per heavy atom. The van der Waals surface area contributed by atoms with E-state index < -0.39 is 10.0 Å². The lowest BCUT2D eigenvalue weighted by Gasteiger charge is -2.38. The molecule has 2 aliphatic rings. The normalized spacial score (nSPS) is 22.8. The second kappa shape index (κ2) is 8.29. The van der Waals surface area contributed by atoms with Crippen LogP contribution in [0.2, 0.25) is 0 Å². The first-order valence-corrected chi connectivity index (χ1v) is 13.5. The fourth-order valence-corrected chi connectivity index (χ4v) is 7.69. The summed E-state index contributed by atoms with van der Waals surface area (Å²) in [5, 5.41) is 16.9. The van der Waals surface area contributed by atoms with Crippen LogP contribution in [0.1, 0.15) is 31.4 Å². The minimum absolute atomic E-state index is 0.0449. The van der Waals surface area contributed by atoms with Gasteiger partial charge in [0.2, 0.25) is 16.0 Å². The van der Waals surface area contributed by atoms with Crippen LogP contribution in [0.4, 0.5) is 17.6 Å². The van der Waals surface area contributed by atoms with E-state index in [1.807, 2.05) is 24.4 Å². The maximum absolute atomic E-state index is 13.3. The first-order valence-electron chi connectivity index (χ1n) is 11.2. The minimum Gasteiger partial charge on any atom is -0.351 e. The molecule has 6 heterocycles. The molecule has 4 aromatic heterocycles. The van der Waals surface area contributed by atoms with Gasteiger partial charge in [0.05, 0.1) is 5.39 Å². The molecule has 2 saturated heterocycles. The predicted octanol–water partition coefficient (Wildman–Crippen LogP) is 3.66. The summed E-state index contributed by atoms with van der Waals surface area (Å²) in [6.45, 7) is 1.94. The van der Waals surface area contributed by atoms with Crippen LogP contribution in [0.5, 0.6) is 0 Å². The number of hydrogen-bond acceptors (Lipinski definition) is 9. The Morgan fingerprint density at radius 3 is 2.71 bits per heavy atom. The quantitative estimate of drug-likeness (QED) is 0.369. The zero-order chi connectivity index (χ0) is 23.3. The van der Waals surface area contributed by atoms with Crippen molar-refractivity contribution in [1.29, 1.82) is 0 Å². The Balaban J connectivity index is 1.23.